The minimum absolute atomic E-state index is 0.00858. The van der Waals surface area contributed by atoms with Crippen molar-refractivity contribution in [2.75, 3.05) is 65.6 Å². The fraction of sp³-hybridized carbons (Fsp3) is 0.613. The Labute approximate surface area is 239 Å². The van der Waals surface area contributed by atoms with Crippen LogP contribution in [-0.2, 0) is 36.9 Å². The van der Waals surface area contributed by atoms with Gasteiger partial charge < -0.3 is 44.5 Å². The predicted molar refractivity (Wildman–Crippen MR) is 156 cm³/mol. The van der Waals surface area contributed by atoms with Crippen molar-refractivity contribution in [2.45, 2.75) is 63.6 Å². The summed E-state index contributed by atoms with van der Waals surface area (Å²) in [6.45, 7) is 7.28. The second-order valence-electron chi connectivity index (χ2n) is 10.2. The van der Waals surface area contributed by atoms with E-state index in [2.05, 4.69) is 34.9 Å². The number of phenolic OH excluding ortho intramolecular Hbond substituents is 1. The zero-order valence-electron chi connectivity index (χ0n) is 24.3. The molecule has 224 valence electrons. The van der Waals surface area contributed by atoms with Gasteiger partial charge in [0.1, 0.15) is 5.75 Å². The van der Waals surface area contributed by atoms with Crippen molar-refractivity contribution in [3.63, 3.8) is 0 Å². The fourth-order valence-electron chi connectivity index (χ4n) is 4.76. The molecule has 0 aromatic heterocycles. The maximum absolute atomic E-state index is 10.3. The smallest absolute Gasteiger partial charge is 0.138 e. The van der Waals surface area contributed by atoms with Crippen molar-refractivity contribution < 1.29 is 33.9 Å². The van der Waals surface area contributed by atoms with E-state index in [0.29, 0.717) is 64.8 Å². The van der Waals surface area contributed by atoms with Gasteiger partial charge in [0.05, 0.1) is 43.8 Å². The van der Waals surface area contributed by atoms with Gasteiger partial charge in [0.25, 0.3) is 0 Å². The summed E-state index contributed by atoms with van der Waals surface area (Å²) in [7, 11) is 3.38. The highest BCUT2D eigenvalue weighted by Gasteiger charge is 2.36. The Kier molecular flexibility index (Phi) is 14.7. The molecular weight excluding hydrogens is 512 g/mol. The van der Waals surface area contributed by atoms with Gasteiger partial charge in [-0.15, -0.1) is 0 Å². The number of anilines is 1. The third kappa shape index (κ3) is 10.6. The van der Waals surface area contributed by atoms with Gasteiger partial charge in [-0.25, -0.2) is 0 Å². The molecule has 4 N–H and O–H groups in total. The predicted octanol–water partition coefficient (Wildman–Crippen LogP) is 3.82. The highest BCUT2D eigenvalue weighted by atomic mass is 16.5. The lowest BCUT2D eigenvalue weighted by molar-refractivity contribution is -0.0777. The van der Waals surface area contributed by atoms with E-state index in [0.717, 1.165) is 29.5 Å². The molecule has 9 nitrogen and oxygen atoms in total. The van der Waals surface area contributed by atoms with Crippen molar-refractivity contribution in [1.82, 2.24) is 5.32 Å². The Balaban J connectivity index is 1.68. The molecule has 40 heavy (non-hydrogen) atoms. The highest BCUT2D eigenvalue weighted by molar-refractivity contribution is 5.57. The molecular formula is C31H48N2O7. The Morgan fingerprint density at radius 1 is 0.900 bits per heavy atom. The standard InChI is InChI=1S/C31H48N2O7/c1-4-26(34)22-40-30-19-32-18-29(31(30)25-10-7-23(8-11-25)20-38-16-6-15-37-3)39-21-24-9-12-28(35)27(17-24)33-13-5-14-36-2/h7-12,17,26,29-35H,4-6,13-16,18-22H2,1-3H3/t26?,29-,30+,31+/m0/s1. The van der Waals surface area contributed by atoms with Gasteiger partial charge in [-0.3, -0.25) is 0 Å². The van der Waals surface area contributed by atoms with Crippen LogP contribution in [0.2, 0.25) is 0 Å². The monoisotopic (exact) mass is 560 g/mol. The van der Waals surface area contributed by atoms with E-state index in [-0.39, 0.29) is 30.5 Å². The molecule has 1 aliphatic rings. The van der Waals surface area contributed by atoms with Crippen LogP contribution in [0.1, 0.15) is 48.8 Å². The quantitative estimate of drug-likeness (QED) is 0.151. The van der Waals surface area contributed by atoms with Crippen LogP contribution in [0, 0.1) is 0 Å². The van der Waals surface area contributed by atoms with E-state index in [9.17, 15) is 10.2 Å². The largest absolute Gasteiger partial charge is 0.506 e. The summed E-state index contributed by atoms with van der Waals surface area (Å²) in [6, 6.07) is 14.0. The molecule has 0 saturated carbocycles. The molecule has 0 bridgehead atoms. The third-order valence-electron chi connectivity index (χ3n) is 7.10. The Bertz CT molecular complexity index is 959. The Hall–Kier alpha value is -2.24. The summed E-state index contributed by atoms with van der Waals surface area (Å²) in [6.07, 6.45) is 1.59. The number of aromatic hydroxyl groups is 1. The van der Waals surface area contributed by atoms with Crippen molar-refractivity contribution in [3.8, 4) is 5.75 Å². The van der Waals surface area contributed by atoms with Crippen LogP contribution in [0.15, 0.2) is 42.5 Å². The average molecular weight is 561 g/mol. The number of benzene rings is 2. The van der Waals surface area contributed by atoms with E-state index in [1.807, 2.05) is 19.1 Å². The third-order valence-corrected chi connectivity index (χ3v) is 7.10. The van der Waals surface area contributed by atoms with E-state index in [1.165, 1.54) is 0 Å². The van der Waals surface area contributed by atoms with Crippen LogP contribution in [0.5, 0.6) is 5.75 Å². The molecule has 3 rings (SSSR count). The number of piperidine rings is 1. The highest BCUT2D eigenvalue weighted by Crippen LogP contribution is 2.32. The number of nitrogens with one attached hydrogen (secondary N) is 2. The maximum Gasteiger partial charge on any atom is 0.138 e. The van der Waals surface area contributed by atoms with Crippen LogP contribution in [-0.4, -0.2) is 88.8 Å². The molecule has 0 spiro atoms. The van der Waals surface area contributed by atoms with Crippen LogP contribution in [0.4, 0.5) is 5.69 Å². The Morgan fingerprint density at radius 2 is 1.60 bits per heavy atom. The van der Waals surface area contributed by atoms with Crippen LogP contribution in [0.25, 0.3) is 0 Å². The van der Waals surface area contributed by atoms with E-state index < -0.39 is 6.10 Å². The number of methoxy groups -OCH3 is 2. The van der Waals surface area contributed by atoms with Gasteiger partial charge in [-0.2, -0.15) is 0 Å². The lowest BCUT2D eigenvalue weighted by Gasteiger charge is -2.39. The SMILES string of the molecule is CCC(O)CO[C@@H]1CNC[C@H](OCc2ccc(O)c(NCCCOC)c2)[C@H]1c1ccc(COCCCOC)cc1. The first-order valence-electron chi connectivity index (χ1n) is 14.4. The summed E-state index contributed by atoms with van der Waals surface area (Å²) >= 11 is 0. The first-order valence-corrected chi connectivity index (χ1v) is 14.4. The number of hydrogen-bond acceptors (Lipinski definition) is 9. The molecule has 1 unspecified atom stereocenters. The number of aliphatic hydroxyl groups is 1. The molecule has 0 aliphatic carbocycles. The summed E-state index contributed by atoms with van der Waals surface area (Å²) in [5, 5.41) is 27.1. The summed E-state index contributed by atoms with van der Waals surface area (Å²) in [5.41, 5.74) is 3.90. The number of ether oxygens (including phenoxy) is 5. The molecule has 0 amide bonds. The fourth-order valence-corrected chi connectivity index (χ4v) is 4.76. The Morgan fingerprint density at radius 3 is 2.33 bits per heavy atom. The minimum atomic E-state index is -0.494. The first-order chi connectivity index (χ1) is 19.5. The van der Waals surface area contributed by atoms with Gasteiger partial charge in [0.2, 0.25) is 0 Å². The van der Waals surface area contributed by atoms with Crippen LogP contribution in [0.3, 0.4) is 0 Å². The van der Waals surface area contributed by atoms with Gasteiger partial charge in [-0.05, 0) is 48.1 Å². The molecule has 1 fully saturated rings. The molecule has 1 aliphatic heterocycles. The average Bonchev–Trinajstić information content (AvgIpc) is 2.98. The van der Waals surface area contributed by atoms with Gasteiger partial charge in [0.15, 0.2) is 0 Å². The normalized spacial score (nSPS) is 19.9. The van der Waals surface area contributed by atoms with Crippen LogP contribution >= 0.6 is 0 Å². The molecule has 1 saturated heterocycles. The number of phenols is 1. The zero-order chi connectivity index (χ0) is 28.6. The molecule has 0 radical (unpaired) electrons. The summed E-state index contributed by atoms with van der Waals surface area (Å²) in [5.74, 6) is 0.204. The van der Waals surface area contributed by atoms with E-state index >= 15 is 0 Å². The minimum Gasteiger partial charge on any atom is -0.506 e. The molecule has 1 heterocycles. The number of aliphatic hydroxyl groups excluding tert-OH is 1. The van der Waals surface area contributed by atoms with Gasteiger partial charge in [0, 0.05) is 59.6 Å². The van der Waals surface area contributed by atoms with E-state index in [4.69, 9.17) is 23.7 Å². The van der Waals surface area contributed by atoms with Crippen LogP contribution < -0.4 is 10.6 Å². The van der Waals surface area contributed by atoms with Crippen molar-refractivity contribution in [2.24, 2.45) is 0 Å². The number of hydrogen-bond donors (Lipinski definition) is 4. The number of rotatable bonds is 19. The first kappa shape index (κ1) is 32.3. The lowest BCUT2D eigenvalue weighted by atomic mass is 9.85. The second-order valence-corrected chi connectivity index (χ2v) is 10.2. The zero-order valence-corrected chi connectivity index (χ0v) is 24.3. The van der Waals surface area contributed by atoms with Crippen molar-refractivity contribution in [3.05, 3.63) is 59.2 Å². The van der Waals surface area contributed by atoms with Crippen molar-refractivity contribution in [1.29, 1.82) is 0 Å². The van der Waals surface area contributed by atoms with Gasteiger partial charge >= 0.3 is 0 Å². The van der Waals surface area contributed by atoms with Gasteiger partial charge in [-0.1, -0.05) is 37.3 Å². The summed E-state index contributed by atoms with van der Waals surface area (Å²) in [4.78, 5) is 0. The summed E-state index contributed by atoms with van der Waals surface area (Å²) < 4.78 is 28.7. The maximum atomic E-state index is 10.3. The second kappa shape index (κ2) is 18.2. The molecule has 9 heteroatoms. The molecule has 2 aromatic carbocycles. The van der Waals surface area contributed by atoms with Crippen molar-refractivity contribution >= 4 is 5.69 Å². The molecule has 2 aromatic rings. The topological polar surface area (TPSA) is 111 Å². The van der Waals surface area contributed by atoms with E-state index in [1.54, 1.807) is 20.3 Å². The molecule has 4 atom stereocenters. The lowest BCUT2D eigenvalue weighted by Crippen LogP contribution is -2.51.